The highest BCUT2D eigenvalue weighted by Crippen LogP contribution is 2.45. The maximum atomic E-state index is 11.9. The molecular weight excluding hydrogens is 432 g/mol. The normalized spacial score (nSPS) is 44.2. The second-order valence-corrected chi connectivity index (χ2v) is 7.32. The van der Waals surface area contributed by atoms with Crippen LogP contribution in [0, 0.1) is 5.92 Å². The van der Waals surface area contributed by atoms with Gasteiger partial charge in [0.25, 0.3) is 0 Å². The van der Waals surface area contributed by atoms with Crippen LogP contribution in [0.4, 0.5) is 0 Å². The first-order chi connectivity index (χ1) is 14.4. The van der Waals surface area contributed by atoms with Crippen molar-refractivity contribution in [1.82, 2.24) is 0 Å². The van der Waals surface area contributed by atoms with Crippen molar-refractivity contribution in [1.29, 1.82) is 0 Å². The minimum atomic E-state index is -3.12. The molecule has 31 heavy (non-hydrogen) atoms. The van der Waals surface area contributed by atoms with Gasteiger partial charge in [-0.25, -0.2) is 0 Å². The Bertz CT molecular complexity index is 657. The lowest BCUT2D eigenvalue weighted by molar-refractivity contribution is -0.444. The lowest BCUT2D eigenvalue weighted by atomic mass is 9.82. The Morgan fingerprint density at radius 2 is 1.39 bits per heavy atom. The fraction of sp³-hybridized carbons (Fsp3) is 0.875. The molecule has 0 amide bonds. The molecule has 2 heterocycles. The van der Waals surface area contributed by atoms with Gasteiger partial charge in [0.05, 0.1) is 19.6 Å². The molecule has 0 aliphatic carbocycles. The standard InChI is InChI=1S/C16H26O15/c17-2-6-9(22)11(24)13(26)16(30-6,5(14(27)28)1-8(20)21)31-15(4-19)12(25)10(23)7(3-18)29-15/h5-7,9-13,17-19,22-26H,1-4H2,(H,20,21)(H,27,28)/t5?,6-,7-,9-,10-,11+,12+,13-,15?,16+/m1/s1. The molecular formula is C16H26O15. The predicted octanol–water partition coefficient (Wildman–Crippen LogP) is -5.85. The Morgan fingerprint density at radius 1 is 0.839 bits per heavy atom. The molecule has 0 spiro atoms. The van der Waals surface area contributed by atoms with Gasteiger partial charge in [0, 0.05) is 0 Å². The van der Waals surface area contributed by atoms with Crippen molar-refractivity contribution >= 4 is 11.9 Å². The van der Waals surface area contributed by atoms with E-state index in [2.05, 4.69) is 0 Å². The molecule has 2 aliphatic rings. The van der Waals surface area contributed by atoms with E-state index in [1.165, 1.54) is 0 Å². The third kappa shape index (κ3) is 4.39. The van der Waals surface area contributed by atoms with Crippen LogP contribution in [0.15, 0.2) is 0 Å². The first kappa shape index (κ1) is 25.8. The van der Waals surface area contributed by atoms with Crippen LogP contribution in [-0.4, -0.2) is 137 Å². The van der Waals surface area contributed by atoms with E-state index in [4.69, 9.17) is 19.3 Å². The number of rotatable bonds is 9. The maximum Gasteiger partial charge on any atom is 0.312 e. The summed E-state index contributed by atoms with van der Waals surface area (Å²) in [5, 5.41) is 98.5. The zero-order valence-electron chi connectivity index (χ0n) is 16.0. The Labute approximate surface area is 174 Å². The zero-order valence-corrected chi connectivity index (χ0v) is 16.0. The van der Waals surface area contributed by atoms with Crippen molar-refractivity contribution < 1.29 is 74.9 Å². The Kier molecular flexibility index (Phi) is 7.94. The third-order valence-electron chi connectivity index (χ3n) is 5.38. The number of hydrogen-bond acceptors (Lipinski definition) is 13. The molecule has 15 heteroatoms. The van der Waals surface area contributed by atoms with E-state index in [-0.39, 0.29) is 0 Å². The van der Waals surface area contributed by atoms with Gasteiger partial charge in [-0.05, 0) is 0 Å². The van der Waals surface area contributed by atoms with Gasteiger partial charge >= 0.3 is 11.9 Å². The molecule has 0 radical (unpaired) electrons. The van der Waals surface area contributed by atoms with Gasteiger partial charge in [-0.2, -0.15) is 0 Å². The number of aliphatic carboxylic acids is 2. The van der Waals surface area contributed by atoms with Gasteiger partial charge in [0.1, 0.15) is 55.3 Å². The largest absolute Gasteiger partial charge is 0.481 e. The first-order valence-electron chi connectivity index (χ1n) is 9.14. The molecule has 180 valence electrons. The van der Waals surface area contributed by atoms with Crippen molar-refractivity contribution in [2.75, 3.05) is 19.8 Å². The highest BCUT2D eigenvalue weighted by molar-refractivity contribution is 5.78. The molecule has 0 aromatic rings. The van der Waals surface area contributed by atoms with E-state index in [1.807, 2.05) is 0 Å². The number of aliphatic hydroxyl groups excluding tert-OH is 8. The minimum absolute atomic E-state index is 0.891. The summed E-state index contributed by atoms with van der Waals surface area (Å²) in [5.74, 6) is -11.9. The van der Waals surface area contributed by atoms with Crippen LogP contribution in [0.5, 0.6) is 0 Å². The number of ether oxygens (including phenoxy) is 3. The predicted molar refractivity (Wildman–Crippen MR) is 91.0 cm³/mol. The van der Waals surface area contributed by atoms with Gasteiger partial charge in [0.15, 0.2) is 0 Å². The van der Waals surface area contributed by atoms with Crippen LogP contribution in [0.2, 0.25) is 0 Å². The van der Waals surface area contributed by atoms with Crippen LogP contribution in [0.3, 0.4) is 0 Å². The second kappa shape index (κ2) is 9.55. The van der Waals surface area contributed by atoms with Crippen molar-refractivity contribution in [2.45, 2.75) is 60.7 Å². The van der Waals surface area contributed by atoms with E-state index >= 15 is 0 Å². The summed E-state index contributed by atoms with van der Waals surface area (Å²) in [4.78, 5) is 23.2. The fourth-order valence-corrected chi connectivity index (χ4v) is 3.71. The van der Waals surface area contributed by atoms with Crippen LogP contribution in [0.25, 0.3) is 0 Å². The molecule has 2 aliphatic heterocycles. The summed E-state index contributed by atoms with van der Waals surface area (Å²) in [7, 11) is 0. The zero-order chi connectivity index (χ0) is 23.7. The molecule has 10 N–H and O–H groups in total. The fourth-order valence-electron chi connectivity index (χ4n) is 3.71. The summed E-state index contributed by atoms with van der Waals surface area (Å²) < 4.78 is 15.8. The van der Waals surface area contributed by atoms with E-state index < -0.39 is 98.4 Å². The van der Waals surface area contributed by atoms with Crippen molar-refractivity contribution in [3.63, 3.8) is 0 Å². The van der Waals surface area contributed by atoms with E-state index in [0.717, 1.165) is 0 Å². The smallest absolute Gasteiger partial charge is 0.312 e. The highest BCUT2D eigenvalue weighted by Gasteiger charge is 2.67. The van der Waals surface area contributed by atoms with Crippen LogP contribution in [-0.2, 0) is 23.8 Å². The Hall–Kier alpha value is -1.50. The summed E-state index contributed by atoms with van der Waals surface area (Å²) >= 11 is 0. The number of carbonyl (C=O) groups is 2. The third-order valence-corrected chi connectivity index (χ3v) is 5.38. The quantitative estimate of drug-likeness (QED) is 0.154. The van der Waals surface area contributed by atoms with Gasteiger partial charge in [-0.15, -0.1) is 0 Å². The highest BCUT2D eigenvalue weighted by atomic mass is 16.8. The molecule has 2 unspecified atom stereocenters. The van der Waals surface area contributed by atoms with E-state index in [0.29, 0.717) is 0 Å². The monoisotopic (exact) mass is 458 g/mol. The summed E-state index contributed by atoms with van der Waals surface area (Å²) in [6, 6.07) is 0. The second-order valence-electron chi connectivity index (χ2n) is 7.32. The summed E-state index contributed by atoms with van der Waals surface area (Å²) in [5.41, 5.74) is 0. The van der Waals surface area contributed by atoms with Crippen LogP contribution >= 0.6 is 0 Å². The molecule has 2 rings (SSSR count). The summed E-state index contributed by atoms with van der Waals surface area (Å²) in [6.45, 7) is -3.26. The SMILES string of the molecule is O=C(O)CC(C(=O)O)[C@@]1(OC2(CO)O[C@H](CO)[C@@H](O)[C@@H]2O)O[C@H](CO)[C@@H](O)[C@H](O)[C@H]1O. The summed E-state index contributed by atoms with van der Waals surface area (Å²) in [6.07, 6.45) is -15.4. The molecule has 2 fully saturated rings. The molecule has 2 saturated heterocycles. The lowest BCUT2D eigenvalue weighted by Crippen LogP contribution is -2.72. The van der Waals surface area contributed by atoms with Crippen LogP contribution in [0.1, 0.15) is 6.42 Å². The number of carboxylic acid groups (broad SMARTS) is 2. The van der Waals surface area contributed by atoms with Crippen LogP contribution < -0.4 is 0 Å². The molecule has 0 aromatic carbocycles. The first-order valence-corrected chi connectivity index (χ1v) is 9.14. The van der Waals surface area contributed by atoms with Gasteiger partial charge in [0.2, 0.25) is 11.6 Å². The average Bonchev–Trinajstić information content (AvgIpc) is 2.97. The van der Waals surface area contributed by atoms with Gasteiger partial charge in [-0.3, -0.25) is 9.59 Å². The lowest BCUT2D eigenvalue weighted by Gasteiger charge is -2.52. The maximum absolute atomic E-state index is 11.9. The molecule has 0 aromatic heterocycles. The minimum Gasteiger partial charge on any atom is -0.481 e. The number of carboxylic acids is 2. The van der Waals surface area contributed by atoms with Gasteiger partial charge in [-0.1, -0.05) is 0 Å². The molecule has 15 nitrogen and oxygen atoms in total. The van der Waals surface area contributed by atoms with Crippen molar-refractivity contribution in [3.8, 4) is 0 Å². The Balaban J connectivity index is 2.64. The number of aliphatic hydroxyl groups is 8. The van der Waals surface area contributed by atoms with E-state index in [9.17, 15) is 55.5 Å². The molecule has 0 bridgehead atoms. The molecule has 0 saturated carbocycles. The van der Waals surface area contributed by atoms with Gasteiger partial charge < -0.3 is 65.3 Å². The number of hydrogen-bond donors (Lipinski definition) is 10. The average molecular weight is 458 g/mol. The topological polar surface area (TPSA) is 264 Å². The molecule has 10 atom stereocenters. The van der Waals surface area contributed by atoms with Crippen molar-refractivity contribution in [3.05, 3.63) is 0 Å². The Morgan fingerprint density at radius 3 is 1.81 bits per heavy atom. The van der Waals surface area contributed by atoms with E-state index in [1.54, 1.807) is 0 Å². The van der Waals surface area contributed by atoms with Crippen molar-refractivity contribution in [2.24, 2.45) is 5.92 Å².